The van der Waals surface area contributed by atoms with E-state index >= 15 is 0 Å². The molecule has 2 N–H and O–H groups in total. The fourth-order valence-electron chi connectivity index (χ4n) is 2.48. The Morgan fingerprint density at radius 1 is 1.32 bits per heavy atom. The van der Waals surface area contributed by atoms with Gasteiger partial charge in [-0.25, -0.2) is 13.6 Å². The Hall–Kier alpha value is -2.18. The van der Waals surface area contributed by atoms with E-state index in [1.807, 2.05) is 6.07 Å². The van der Waals surface area contributed by atoms with Crippen LogP contribution in [0, 0.1) is 5.92 Å². The van der Waals surface area contributed by atoms with E-state index in [9.17, 15) is 18.4 Å². The SMILES string of the molecule is O=C(N[C@@H]1CCC(F)(F)C[C@H]1C(=O)O)OCc1ccccc1. The van der Waals surface area contributed by atoms with Crippen LogP contribution < -0.4 is 5.32 Å². The molecule has 0 saturated heterocycles. The third-order valence-electron chi connectivity index (χ3n) is 3.66. The average Bonchev–Trinajstić information content (AvgIpc) is 2.48. The highest BCUT2D eigenvalue weighted by atomic mass is 19.3. The minimum atomic E-state index is -3.00. The van der Waals surface area contributed by atoms with Gasteiger partial charge in [-0.3, -0.25) is 4.79 Å². The number of alkyl halides is 2. The molecule has 120 valence electrons. The number of alkyl carbamates (subject to hydrolysis) is 1. The van der Waals surface area contributed by atoms with Crippen LogP contribution in [-0.4, -0.2) is 29.1 Å². The van der Waals surface area contributed by atoms with Crippen molar-refractivity contribution in [1.82, 2.24) is 5.32 Å². The number of carbonyl (C=O) groups is 2. The molecule has 0 spiro atoms. The molecule has 0 aliphatic heterocycles. The van der Waals surface area contributed by atoms with Crippen LogP contribution in [0.5, 0.6) is 0 Å². The highest BCUT2D eigenvalue weighted by Gasteiger charge is 2.45. The quantitative estimate of drug-likeness (QED) is 0.896. The van der Waals surface area contributed by atoms with E-state index in [1.165, 1.54) is 0 Å². The Kier molecular flexibility index (Phi) is 4.95. The first-order valence-corrected chi connectivity index (χ1v) is 6.95. The predicted molar refractivity (Wildman–Crippen MR) is 73.5 cm³/mol. The van der Waals surface area contributed by atoms with Crippen molar-refractivity contribution in [2.24, 2.45) is 5.92 Å². The number of amides is 1. The zero-order chi connectivity index (χ0) is 16.2. The molecule has 0 unspecified atom stereocenters. The number of halogens is 2. The summed E-state index contributed by atoms with van der Waals surface area (Å²) in [6, 6.07) is 8.10. The van der Waals surface area contributed by atoms with Gasteiger partial charge in [-0.2, -0.15) is 0 Å². The summed E-state index contributed by atoms with van der Waals surface area (Å²) >= 11 is 0. The molecule has 7 heteroatoms. The number of aliphatic carboxylic acids is 1. The van der Waals surface area contributed by atoms with Crippen LogP contribution in [0.4, 0.5) is 13.6 Å². The Morgan fingerprint density at radius 3 is 2.64 bits per heavy atom. The number of nitrogens with one attached hydrogen (secondary N) is 1. The number of benzene rings is 1. The lowest BCUT2D eigenvalue weighted by atomic mass is 9.82. The largest absolute Gasteiger partial charge is 0.481 e. The summed E-state index contributed by atoms with van der Waals surface area (Å²) in [6.45, 7) is 0.0350. The molecule has 5 nitrogen and oxygen atoms in total. The predicted octanol–water partition coefficient (Wildman–Crippen LogP) is 2.80. The highest BCUT2D eigenvalue weighted by molar-refractivity contribution is 5.73. The van der Waals surface area contributed by atoms with Gasteiger partial charge in [-0.05, 0) is 12.0 Å². The fourth-order valence-corrected chi connectivity index (χ4v) is 2.48. The van der Waals surface area contributed by atoms with Gasteiger partial charge in [0.1, 0.15) is 6.61 Å². The number of ether oxygens (including phenoxy) is 1. The van der Waals surface area contributed by atoms with Gasteiger partial charge in [0.05, 0.1) is 5.92 Å². The average molecular weight is 313 g/mol. The Labute approximate surface area is 126 Å². The van der Waals surface area contributed by atoms with Gasteiger partial charge < -0.3 is 15.2 Å². The van der Waals surface area contributed by atoms with Gasteiger partial charge in [-0.1, -0.05) is 30.3 Å². The normalized spacial score (nSPS) is 23.5. The maximum absolute atomic E-state index is 13.3. The number of hydrogen-bond donors (Lipinski definition) is 2. The summed E-state index contributed by atoms with van der Waals surface area (Å²) in [7, 11) is 0. The first-order valence-electron chi connectivity index (χ1n) is 6.95. The van der Waals surface area contributed by atoms with Crippen molar-refractivity contribution in [2.75, 3.05) is 0 Å². The molecule has 22 heavy (non-hydrogen) atoms. The molecule has 1 fully saturated rings. The lowest BCUT2D eigenvalue weighted by molar-refractivity contribution is -0.150. The maximum atomic E-state index is 13.3. The van der Waals surface area contributed by atoms with Crippen molar-refractivity contribution in [3.05, 3.63) is 35.9 Å². The summed E-state index contributed by atoms with van der Waals surface area (Å²) in [6.07, 6.45) is -2.11. The van der Waals surface area contributed by atoms with E-state index in [4.69, 9.17) is 9.84 Å². The molecule has 1 aliphatic rings. The van der Waals surface area contributed by atoms with Gasteiger partial charge in [0.25, 0.3) is 0 Å². The van der Waals surface area contributed by atoms with E-state index in [0.29, 0.717) is 0 Å². The molecule has 2 atom stereocenters. The summed E-state index contributed by atoms with van der Waals surface area (Å²) in [5.41, 5.74) is 0.780. The number of hydrogen-bond acceptors (Lipinski definition) is 3. The molecular weight excluding hydrogens is 296 g/mol. The van der Waals surface area contributed by atoms with Gasteiger partial charge in [0, 0.05) is 18.9 Å². The first-order chi connectivity index (χ1) is 10.4. The molecule has 0 bridgehead atoms. The lowest BCUT2D eigenvalue weighted by Gasteiger charge is -2.33. The summed E-state index contributed by atoms with van der Waals surface area (Å²) in [5, 5.41) is 11.4. The van der Waals surface area contributed by atoms with Crippen LogP contribution in [0.25, 0.3) is 0 Å². The zero-order valence-corrected chi connectivity index (χ0v) is 11.8. The monoisotopic (exact) mass is 313 g/mol. The second kappa shape index (κ2) is 6.72. The molecule has 1 aliphatic carbocycles. The maximum Gasteiger partial charge on any atom is 0.407 e. The molecule has 1 saturated carbocycles. The third-order valence-corrected chi connectivity index (χ3v) is 3.66. The van der Waals surface area contributed by atoms with Crippen molar-refractivity contribution in [3.63, 3.8) is 0 Å². The summed E-state index contributed by atoms with van der Waals surface area (Å²) in [4.78, 5) is 22.8. The summed E-state index contributed by atoms with van der Waals surface area (Å²) in [5.74, 6) is -5.66. The summed E-state index contributed by atoms with van der Waals surface area (Å²) < 4.78 is 31.6. The van der Waals surface area contributed by atoms with E-state index in [2.05, 4.69) is 5.32 Å². The van der Waals surface area contributed by atoms with Crippen molar-refractivity contribution in [1.29, 1.82) is 0 Å². The Bertz CT molecular complexity index is 536. The van der Waals surface area contributed by atoms with E-state index in [1.54, 1.807) is 24.3 Å². The second-order valence-corrected chi connectivity index (χ2v) is 5.36. The number of rotatable bonds is 4. The molecule has 0 aromatic heterocycles. The van der Waals surface area contributed by atoms with Crippen LogP contribution in [0.2, 0.25) is 0 Å². The van der Waals surface area contributed by atoms with E-state index in [-0.39, 0.29) is 13.0 Å². The van der Waals surface area contributed by atoms with Crippen LogP contribution in [0.1, 0.15) is 24.8 Å². The van der Waals surface area contributed by atoms with Gasteiger partial charge in [0.2, 0.25) is 5.92 Å². The standard InChI is InChI=1S/C15H17F2NO4/c16-15(17)7-6-12(11(8-15)13(19)20)18-14(21)22-9-10-4-2-1-3-5-10/h1-5,11-12H,6-9H2,(H,18,21)(H,19,20)/t11-,12-/m1/s1. The zero-order valence-electron chi connectivity index (χ0n) is 11.8. The smallest absolute Gasteiger partial charge is 0.407 e. The Balaban J connectivity index is 1.88. The van der Waals surface area contributed by atoms with E-state index in [0.717, 1.165) is 5.56 Å². The van der Waals surface area contributed by atoms with Crippen molar-refractivity contribution in [2.45, 2.75) is 37.8 Å². The minimum absolute atomic E-state index is 0.0350. The molecule has 2 rings (SSSR count). The first kappa shape index (κ1) is 16.2. The third kappa shape index (κ3) is 4.41. The fraction of sp³-hybridized carbons (Fsp3) is 0.467. The molecule has 0 radical (unpaired) electrons. The van der Waals surface area contributed by atoms with Crippen LogP contribution in [-0.2, 0) is 16.1 Å². The Morgan fingerprint density at radius 2 is 2.00 bits per heavy atom. The van der Waals surface area contributed by atoms with Gasteiger partial charge >= 0.3 is 12.1 Å². The highest BCUT2D eigenvalue weighted by Crippen LogP contribution is 2.37. The lowest BCUT2D eigenvalue weighted by Crippen LogP contribution is -2.49. The van der Waals surface area contributed by atoms with Crippen molar-refractivity contribution in [3.8, 4) is 0 Å². The van der Waals surface area contributed by atoms with Crippen LogP contribution >= 0.6 is 0 Å². The number of carboxylic acids is 1. The molecule has 1 amide bonds. The van der Waals surface area contributed by atoms with E-state index < -0.39 is 42.8 Å². The molecule has 1 aromatic carbocycles. The topological polar surface area (TPSA) is 75.6 Å². The van der Waals surface area contributed by atoms with Crippen LogP contribution in [0.3, 0.4) is 0 Å². The minimum Gasteiger partial charge on any atom is -0.481 e. The van der Waals surface area contributed by atoms with Crippen molar-refractivity contribution >= 4 is 12.1 Å². The van der Waals surface area contributed by atoms with Crippen molar-refractivity contribution < 1.29 is 28.2 Å². The molecular formula is C15H17F2NO4. The number of carbonyl (C=O) groups excluding carboxylic acids is 1. The number of carboxylic acid groups (broad SMARTS) is 1. The molecule has 1 aromatic rings. The van der Waals surface area contributed by atoms with Gasteiger partial charge in [-0.15, -0.1) is 0 Å². The molecule has 0 heterocycles. The van der Waals surface area contributed by atoms with Crippen LogP contribution in [0.15, 0.2) is 30.3 Å². The van der Waals surface area contributed by atoms with Gasteiger partial charge in [0.15, 0.2) is 0 Å². The second-order valence-electron chi connectivity index (χ2n) is 5.36.